The average Bonchev–Trinajstić information content (AvgIpc) is 2.77. The van der Waals surface area contributed by atoms with E-state index < -0.39 is 5.97 Å². The molecule has 6 nitrogen and oxygen atoms in total. The van der Waals surface area contributed by atoms with E-state index in [9.17, 15) is 14.4 Å². The van der Waals surface area contributed by atoms with E-state index in [0.717, 1.165) is 19.3 Å². The molecule has 6 heteroatoms. The quantitative estimate of drug-likeness (QED) is 0.508. The van der Waals surface area contributed by atoms with Gasteiger partial charge in [0.25, 0.3) is 5.91 Å². The molecular formula is C23H25NO5. The van der Waals surface area contributed by atoms with Gasteiger partial charge in [0.1, 0.15) is 5.75 Å². The maximum atomic E-state index is 12.3. The molecule has 2 aromatic rings. The number of hydrogen-bond acceptors (Lipinski definition) is 5. The SMILES string of the molecule is O=Cc1ccccc1OCC(=O)OCC(=O)N1CCC(Cc2ccccc2)CC1. The van der Waals surface area contributed by atoms with E-state index in [2.05, 4.69) is 12.1 Å². The topological polar surface area (TPSA) is 72.9 Å². The molecule has 2 aromatic carbocycles. The van der Waals surface area contributed by atoms with E-state index >= 15 is 0 Å². The number of likely N-dealkylation sites (tertiary alicyclic amines) is 1. The molecule has 1 aliphatic heterocycles. The highest BCUT2D eigenvalue weighted by Crippen LogP contribution is 2.21. The minimum absolute atomic E-state index is 0.190. The molecule has 0 saturated carbocycles. The summed E-state index contributed by atoms with van der Waals surface area (Å²) in [5, 5.41) is 0. The lowest BCUT2D eigenvalue weighted by atomic mass is 9.90. The number of rotatable bonds is 8. The van der Waals surface area contributed by atoms with Gasteiger partial charge in [-0.05, 0) is 42.9 Å². The lowest BCUT2D eigenvalue weighted by Gasteiger charge is -2.32. The molecule has 0 radical (unpaired) electrons. The average molecular weight is 395 g/mol. The molecule has 0 aliphatic carbocycles. The minimum Gasteiger partial charge on any atom is -0.481 e. The molecule has 0 atom stereocenters. The highest BCUT2D eigenvalue weighted by Gasteiger charge is 2.23. The number of carbonyl (C=O) groups excluding carboxylic acids is 3. The van der Waals surface area contributed by atoms with Crippen LogP contribution in [0.1, 0.15) is 28.8 Å². The number of para-hydroxylation sites is 1. The van der Waals surface area contributed by atoms with Crippen molar-refractivity contribution in [2.75, 3.05) is 26.3 Å². The second kappa shape index (κ2) is 10.4. The van der Waals surface area contributed by atoms with E-state index in [0.29, 0.717) is 36.6 Å². The molecular weight excluding hydrogens is 370 g/mol. The zero-order valence-electron chi connectivity index (χ0n) is 16.3. The molecule has 0 aromatic heterocycles. The van der Waals surface area contributed by atoms with Crippen molar-refractivity contribution >= 4 is 18.2 Å². The summed E-state index contributed by atoms with van der Waals surface area (Å²) in [6, 6.07) is 17.0. The number of carbonyl (C=O) groups is 3. The van der Waals surface area contributed by atoms with Crippen molar-refractivity contribution < 1.29 is 23.9 Å². The van der Waals surface area contributed by atoms with E-state index in [1.807, 2.05) is 18.2 Å². The van der Waals surface area contributed by atoms with Crippen LogP contribution < -0.4 is 4.74 Å². The smallest absolute Gasteiger partial charge is 0.344 e. The van der Waals surface area contributed by atoms with Crippen LogP contribution >= 0.6 is 0 Å². The van der Waals surface area contributed by atoms with Crippen LogP contribution in [0.5, 0.6) is 5.75 Å². The van der Waals surface area contributed by atoms with Gasteiger partial charge in [0.15, 0.2) is 19.5 Å². The van der Waals surface area contributed by atoms with E-state index in [4.69, 9.17) is 9.47 Å². The Balaban J connectivity index is 1.36. The summed E-state index contributed by atoms with van der Waals surface area (Å²) >= 11 is 0. The lowest BCUT2D eigenvalue weighted by Crippen LogP contribution is -2.41. The fraction of sp³-hybridized carbons (Fsp3) is 0.348. The first-order valence-corrected chi connectivity index (χ1v) is 9.80. The number of nitrogens with zero attached hydrogens (tertiary/aromatic N) is 1. The maximum Gasteiger partial charge on any atom is 0.344 e. The van der Waals surface area contributed by atoms with Gasteiger partial charge in [0.05, 0.1) is 5.56 Å². The van der Waals surface area contributed by atoms with Crippen molar-refractivity contribution in [3.63, 3.8) is 0 Å². The third-order valence-electron chi connectivity index (χ3n) is 5.08. The van der Waals surface area contributed by atoms with Gasteiger partial charge < -0.3 is 14.4 Å². The van der Waals surface area contributed by atoms with Crippen LogP contribution in [-0.4, -0.2) is 49.4 Å². The Morgan fingerprint density at radius 3 is 2.38 bits per heavy atom. The third-order valence-corrected chi connectivity index (χ3v) is 5.08. The molecule has 0 N–H and O–H groups in total. The minimum atomic E-state index is -0.641. The Kier molecular flexibility index (Phi) is 7.39. The number of aldehydes is 1. The maximum absolute atomic E-state index is 12.3. The van der Waals surface area contributed by atoms with Crippen molar-refractivity contribution in [1.29, 1.82) is 0 Å². The number of hydrogen-bond donors (Lipinski definition) is 0. The van der Waals surface area contributed by atoms with Gasteiger partial charge in [-0.2, -0.15) is 0 Å². The molecule has 0 unspecified atom stereocenters. The summed E-state index contributed by atoms with van der Waals surface area (Å²) in [5.74, 6) is 0.0457. The van der Waals surface area contributed by atoms with Crippen LogP contribution in [0.2, 0.25) is 0 Å². The molecule has 1 fully saturated rings. The summed E-state index contributed by atoms with van der Waals surface area (Å²) in [6.07, 6.45) is 3.57. The second-order valence-electron chi connectivity index (χ2n) is 7.12. The van der Waals surface area contributed by atoms with Gasteiger partial charge in [-0.1, -0.05) is 42.5 Å². The molecule has 1 heterocycles. The van der Waals surface area contributed by atoms with E-state index in [1.165, 1.54) is 5.56 Å². The zero-order chi connectivity index (χ0) is 20.5. The van der Waals surface area contributed by atoms with Gasteiger partial charge >= 0.3 is 5.97 Å². The zero-order valence-corrected chi connectivity index (χ0v) is 16.3. The predicted molar refractivity (Wildman–Crippen MR) is 108 cm³/mol. The molecule has 1 amide bonds. The molecule has 1 saturated heterocycles. The van der Waals surface area contributed by atoms with Crippen LogP contribution in [0.15, 0.2) is 54.6 Å². The lowest BCUT2D eigenvalue weighted by molar-refractivity contribution is -0.154. The number of ether oxygens (including phenoxy) is 2. The van der Waals surface area contributed by atoms with Crippen molar-refractivity contribution in [2.24, 2.45) is 5.92 Å². The summed E-state index contributed by atoms with van der Waals surface area (Å²) in [6.45, 7) is 0.715. The summed E-state index contributed by atoms with van der Waals surface area (Å²) in [7, 11) is 0. The number of amides is 1. The fourth-order valence-electron chi connectivity index (χ4n) is 3.46. The van der Waals surface area contributed by atoms with Crippen LogP contribution in [-0.2, 0) is 20.7 Å². The van der Waals surface area contributed by atoms with Gasteiger partial charge in [-0.3, -0.25) is 9.59 Å². The second-order valence-corrected chi connectivity index (χ2v) is 7.12. The molecule has 0 bridgehead atoms. The summed E-state index contributed by atoms with van der Waals surface area (Å²) < 4.78 is 10.3. The molecule has 152 valence electrons. The monoisotopic (exact) mass is 395 g/mol. The Labute approximate surface area is 170 Å². The van der Waals surface area contributed by atoms with Crippen LogP contribution in [0.3, 0.4) is 0 Å². The first kappa shape index (κ1) is 20.6. The van der Waals surface area contributed by atoms with Crippen molar-refractivity contribution in [1.82, 2.24) is 4.90 Å². The molecule has 0 spiro atoms. The van der Waals surface area contributed by atoms with Crippen LogP contribution in [0, 0.1) is 5.92 Å². The normalized spacial score (nSPS) is 14.3. The van der Waals surface area contributed by atoms with Crippen molar-refractivity contribution in [3.8, 4) is 5.75 Å². The number of piperidine rings is 1. The third kappa shape index (κ3) is 6.17. The van der Waals surface area contributed by atoms with E-state index in [1.54, 1.807) is 29.2 Å². The van der Waals surface area contributed by atoms with Gasteiger partial charge in [0.2, 0.25) is 0 Å². The fourth-order valence-corrected chi connectivity index (χ4v) is 3.46. The summed E-state index contributed by atoms with van der Waals surface area (Å²) in [4.78, 5) is 36.8. The number of benzene rings is 2. The van der Waals surface area contributed by atoms with Gasteiger partial charge in [-0.15, -0.1) is 0 Å². The summed E-state index contributed by atoms with van der Waals surface area (Å²) in [5.41, 5.74) is 1.68. The molecule has 29 heavy (non-hydrogen) atoms. The Bertz CT molecular complexity index is 828. The molecule has 3 rings (SSSR count). The predicted octanol–water partition coefficient (Wildman–Crippen LogP) is 2.90. The largest absolute Gasteiger partial charge is 0.481 e. The Morgan fingerprint density at radius 2 is 1.66 bits per heavy atom. The van der Waals surface area contributed by atoms with Crippen molar-refractivity contribution in [3.05, 3.63) is 65.7 Å². The molecule has 1 aliphatic rings. The number of esters is 1. The Morgan fingerprint density at radius 1 is 0.966 bits per heavy atom. The van der Waals surface area contributed by atoms with Gasteiger partial charge in [0, 0.05) is 13.1 Å². The van der Waals surface area contributed by atoms with Crippen LogP contribution in [0.25, 0.3) is 0 Å². The Hall–Kier alpha value is -3.15. The van der Waals surface area contributed by atoms with E-state index in [-0.39, 0.29) is 19.1 Å². The standard InChI is InChI=1S/C23H25NO5/c25-15-20-8-4-5-9-21(20)28-17-23(27)29-16-22(26)24-12-10-19(11-13-24)14-18-6-2-1-3-7-18/h1-9,15,19H,10-14,16-17H2. The first-order valence-electron chi connectivity index (χ1n) is 9.80. The first-order chi connectivity index (χ1) is 14.2. The van der Waals surface area contributed by atoms with Gasteiger partial charge in [-0.25, -0.2) is 4.79 Å². The highest BCUT2D eigenvalue weighted by molar-refractivity contribution is 5.82. The van der Waals surface area contributed by atoms with Crippen molar-refractivity contribution in [2.45, 2.75) is 19.3 Å². The van der Waals surface area contributed by atoms with Crippen LogP contribution in [0.4, 0.5) is 0 Å². The highest BCUT2D eigenvalue weighted by atomic mass is 16.6.